The van der Waals surface area contributed by atoms with Gasteiger partial charge in [0.25, 0.3) is 0 Å². The van der Waals surface area contributed by atoms with Crippen molar-refractivity contribution in [3.63, 3.8) is 0 Å². The molecule has 72 heavy (non-hydrogen) atoms. The van der Waals surface area contributed by atoms with Gasteiger partial charge in [0.2, 0.25) is 0 Å². The van der Waals surface area contributed by atoms with Crippen LogP contribution in [0.4, 0.5) is 0 Å². The number of hydrogen-bond donors (Lipinski definition) is 2. The molecule has 2 N–H and O–H groups in total. The largest absolute Gasteiger partial charge is 0.472 e. The summed E-state index contributed by atoms with van der Waals surface area (Å²) in [5.74, 6) is -1.54. The zero-order valence-corrected chi connectivity index (χ0v) is 47.3. The SMILES string of the molecule is CC/C=C\C/C=C\C/C=C\C/C=C\CCC(=O)OCC(COP(=O)(O)OCC(CO)OC(=O)CCCCCCCCCCCCCCC)OC(=O)CCCCCCCCCCCCCCCCCCCCC. The molecule has 0 aromatic heterocycles. The summed E-state index contributed by atoms with van der Waals surface area (Å²) in [7, 11) is -4.76. The first-order valence-electron chi connectivity index (χ1n) is 29.5. The Kier molecular flexibility index (Phi) is 52.7. The van der Waals surface area contributed by atoms with Crippen molar-refractivity contribution in [2.75, 3.05) is 26.4 Å². The molecule has 0 spiro atoms. The van der Waals surface area contributed by atoms with Gasteiger partial charge in [-0.3, -0.25) is 23.4 Å². The molecule has 0 bridgehead atoms. The Bertz CT molecular complexity index is 1400. The fourth-order valence-corrected chi connectivity index (χ4v) is 9.10. The number of hydrogen-bond acceptors (Lipinski definition) is 10. The van der Waals surface area contributed by atoms with Crippen LogP contribution in [0, 0.1) is 0 Å². The fourth-order valence-electron chi connectivity index (χ4n) is 8.31. The van der Waals surface area contributed by atoms with E-state index < -0.39 is 57.8 Å². The number of ether oxygens (including phenoxy) is 3. The van der Waals surface area contributed by atoms with Crippen LogP contribution in [0.15, 0.2) is 48.6 Å². The fraction of sp³-hybridized carbons (Fsp3) is 0.817. The molecule has 0 aliphatic carbocycles. The van der Waals surface area contributed by atoms with Crippen LogP contribution in [0.5, 0.6) is 0 Å². The Morgan fingerprint density at radius 3 is 1.08 bits per heavy atom. The van der Waals surface area contributed by atoms with E-state index in [0.29, 0.717) is 19.3 Å². The molecule has 0 amide bonds. The normalized spacial score (nSPS) is 13.7. The molecule has 0 aromatic carbocycles. The van der Waals surface area contributed by atoms with E-state index in [0.717, 1.165) is 64.2 Å². The lowest BCUT2D eigenvalue weighted by molar-refractivity contribution is -0.161. The molecule has 3 unspecified atom stereocenters. The number of carbonyl (C=O) groups excluding carboxylic acids is 3. The predicted molar refractivity (Wildman–Crippen MR) is 298 cm³/mol. The van der Waals surface area contributed by atoms with Crippen LogP contribution in [0.3, 0.4) is 0 Å². The zero-order chi connectivity index (χ0) is 52.7. The lowest BCUT2D eigenvalue weighted by Crippen LogP contribution is -2.30. The quantitative estimate of drug-likeness (QED) is 0.0197. The minimum absolute atomic E-state index is 0.108. The van der Waals surface area contributed by atoms with E-state index in [1.165, 1.54) is 154 Å². The molecule has 0 aliphatic rings. The minimum Gasteiger partial charge on any atom is -0.462 e. The maximum absolute atomic E-state index is 12.9. The van der Waals surface area contributed by atoms with E-state index in [1.807, 2.05) is 12.2 Å². The average Bonchev–Trinajstić information content (AvgIpc) is 3.37. The number of phosphoric acid groups is 1. The van der Waals surface area contributed by atoms with E-state index in [4.69, 9.17) is 23.3 Å². The van der Waals surface area contributed by atoms with Crippen molar-refractivity contribution in [2.45, 2.75) is 290 Å². The van der Waals surface area contributed by atoms with E-state index in [9.17, 15) is 28.9 Å². The Labute approximate surface area is 441 Å². The third-order valence-corrected chi connectivity index (χ3v) is 13.7. The molecule has 0 saturated carbocycles. The van der Waals surface area contributed by atoms with E-state index in [2.05, 4.69) is 57.2 Å². The standard InChI is InChI=1S/C60H109O11P/c1-4-7-10-13-16-19-22-25-26-27-28-29-30-33-36-39-42-45-48-51-60(64)71-57(53-67-58(62)49-46-43-40-37-34-31-23-20-17-14-11-8-5-2)55-69-72(65,66)68-54-56(52-61)70-59(63)50-47-44-41-38-35-32-24-21-18-15-12-9-6-3/h8,11,17,20,31,34,40,43,56-57,61H,4-7,9-10,12-16,18-19,21-30,32-33,35-39,41-42,44-55H2,1-3H3,(H,65,66)/b11-8-,20-17-,34-31-,43-40-. The molecule has 0 radical (unpaired) electrons. The Hall–Kier alpha value is -2.56. The smallest absolute Gasteiger partial charge is 0.462 e. The van der Waals surface area contributed by atoms with Gasteiger partial charge in [-0.2, -0.15) is 0 Å². The van der Waals surface area contributed by atoms with Gasteiger partial charge in [-0.25, -0.2) is 4.57 Å². The molecule has 12 heteroatoms. The third kappa shape index (κ3) is 52.3. The summed E-state index contributed by atoms with van der Waals surface area (Å²) < 4.78 is 39.4. The lowest BCUT2D eigenvalue weighted by atomic mass is 10.0. The maximum atomic E-state index is 12.9. The Morgan fingerprint density at radius 2 is 0.722 bits per heavy atom. The lowest BCUT2D eigenvalue weighted by Gasteiger charge is -2.21. The van der Waals surface area contributed by atoms with Gasteiger partial charge in [0.05, 0.1) is 19.8 Å². The maximum Gasteiger partial charge on any atom is 0.472 e. The van der Waals surface area contributed by atoms with Gasteiger partial charge in [-0.15, -0.1) is 0 Å². The van der Waals surface area contributed by atoms with Crippen LogP contribution in [-0.4, -0.2) is 66.5 Å². The second-order valence-electron chi connectivity index (χ2n) is 19.8. The second-order valence-corrected chi connectivity index (χ2v) is 21.2. The number of phosphoric ester groups is 1. The first kappa shape index (κ1) is 69.4. The predicted octanol–water partition coefficient (Wildman–Crippen LogP) is 17.4. The van der Waals surface area contributed by atoms with Crippen molar-refractivity contribution < 1.29 is 52.2 Å². The van der Waals surface area contributed by atoms with Crippen molar-refractivity contribution in [3.05, 3.63) is 48.6 Å². The second kappa shape index (κ2) is 54.7. The van der Waals surface area contributed by atoms with Crippen molar-refractivity contribution in [1.29, 1.82) is 0 Å². The summed E-state index contributed by atoms with van der Waals surface area (Å²) in [6.07, 6.45) is 58.1. The number of esters is 3. The molecule has 0 aromatic rings. The molecule has 0 saturated heterocycles. The van der Waals surface area contributed by atoms with Gasteiger partial charge in [-0.1, -0.05) is 262 Å². The summed E-state index contributed by atoms with van der Waals surface area (Å²) in [5.41, 5.74) is 0. The number of unbranched alkanes of at least 4 members (excludes halogenated alkanes) is 30. The summed E-state index contributed by atoms with van der Waals surface area (Å²) in [5, 5.41) is 9.81. The molecule has 0 rings (SSSR count). The van der Waals surface area contributed by atoms with Crippen molar-refractivity contribution in [1.82, 2.24) is 0 Å². The molecule has 0 aliphatic heterocycles. The number of rotatable bonds is 55. The summed E-state index contributed by atoms with van der Waals surface area (Å²) in [4.78, 5) is 48.5. The topological polar surface area (TPSA) is 155 Å². The van der Waals surface area contributed by atoms with Crippen LogP contribution < -0.4 is 0 Å². The van der Waals surface area contributed by atoms with Gasteiger partial charge in [0.1, 0.15) is 12.7 Å². The minimum atomic E-state index is -4.76. The highest BCUT2D eigenvalue weighted by Gasteiger charge is 2.28. The molecular weight excluding hydrogens is 928 g/mol. The van der Waals surface area contributed by atoms with Crippen molar-refractivity contribution in [2.24, 2.45) is 0 Å². The first-order valence-corrected chi connectivity index (χ1v) is 31.0. The zero-order valence-electron chi connectivity index (χ0n) is 46.4. The Morgan fingerprint density at radius 1 is 0.403 bits per heavy atom. The van der Waals surface area contributed by atoms with Crippen molar-refractivity contribution in [3.8, 4) is 0 Å². The van der Waals surface area contributed by atoms with Gasteiger partial charge in [0.15, 0.2) is 6.10 Å². The number of carbonyl (C=O) groups is 3. The van der Waals surface area contributed by atoms with Gasteiger partial charge >= 0.3 is 25.7 Å². The number of allylic oxidation sites excluding steroid dienone is 8. The highest BCUT2D eigenvalue weighted by Crippen LogP contribution is 2.43. The van der Waals surface area contributed by atoms with Crippen LogP contribution in [0.2, 0.25) is 0 Å². The highest BCUT2D eigenvalue weighted by atomic mass is 31.2. The van der Waals surface area contributed by atoms with Crippen LogP contribution in [0.1, 0.15) is 278 Å². The van der Waals surface area contributed by atoms with Gasteiger partial charge in [0, 0.05) is 19.3 Å². The van der Waals surface area contributed by atoms with Crippen LogP contribution in [0.25, 0.3) is 0 Å². The summed E-state index contributed by atoms with van der Waals surface area (Å²) in [6.45, 7) is 4.49. The molecule has 420 valence electrons. The molecule has 0 heterocycles. The third-order valence-electron chi connectivity index (χ3n) is 12.8. The monoisotopic (exact) mass is 1040 g/mol. The van der Waals surface area contributed by atoms with Gasteiger partial charge < -0.3 is 24.2 Å². The van der Waals surface area contributed by atoms with E-state index in [1.54, 1.807) is 0 Å². The molecule has 3 atom stereocenters. The highest BCUT2D eigenvalue weighted by molar-refractivity contribution is 7.47. The van der Waals surface area contributed by atoms with E-state index >= 15 is 0 Å². The van der Waals surface area contributed by atoms with E-state index in [-0.39, 0.29) is 25.9 Å². The van der Waals surface area contributed by atoms with Crippen LogP contribution in [-0.2, 0) is 42.2 Å². The van der Waals surface area contributed by atoms with Crippen molar-refractivity contribution >= 4 is 25.7 Å². The summed E-state index contributed by atoms with van der Waals surface area (Å²) >= 11 is 0. The molecular formula is C60H109O11P. The number of aliphatic hydroxyl groups is 1. The Balaban J connectivity index is 4.72. The number of aliphatic hydroxyl groups excluding tert-OH is 1. The summed E-state index contributed by atoms with van der Waals surface area (Å²) in [6, 6.07) is 0. The van der Waals surface area contributed by atoms with Gasteiger partial charge in [-0.05, 0) is 44.9 Å². The molecule has 0 fully saturated rings. The van der Waals surface area contributed by atoms with Crippen LogP contribution >= 0.6 is 7.82 Å². The molecule has 11 nitrogen and oxygen atoms in total. The first-order chi connectivity index (χ1) is 35.2. The average molecular weight is 1040 g/mol.